The quantitative estimate of drug-likeness (QED) is 0.417. The van der Waals surface area contributed by atoms with E-state index in [9.17, 15) is 4.79 Å². The Hall–Kier alpha value is -4.00. The fraction of sp³-hybridized carbons (Fsp3) is 0.0909. The number of benzene rings is 1. The van der Waals surface area contributed by atoms with Gasteiger partial charge in [-0.25, -0.2) is 10.1 Å². The van der Waals surface area contributed by atoms with Crippen LogP contribution in [0.5, 0.6) is 0 Å². The first-order chi connectivity index (χ1) is 14.1. The number of pyridine rings is 1. The molecule has 0 saturated carbocycles. The smallest absolute Gasteiger partial charge is 0.274 e. The maximum absolute atomic E-state index is 12.3. The van der Waals surface area contributed by atoms with Gasteiger partial charge < -0.3 is 4.42 Å². The summed E-state index contributed by atoms with van der Waals surface area (Å²) in [5, 5.41) is 8.82. The molecule has 1 amide bonds. The first kappa shape index (κ1) is 18.4. The van der Waals surface area contributed by atoms with Crippen molar-refractivity contribution in [3.63, 3.8) is 0 Å². The van der Waals surface area contributed by atoms with Crippen molar-refractivity contribution < 1.29 is 9.21 Å². The van der Waals surface area contributed by atoms with Crippen LogP contribution in [0.3, 0.4) is 0 Å². The zero-order valence-electron chi connectivity index (χ0n) is 16.0. The molecule has 0 aliphatic rings. The molecule has 29 heavy (non-hydrogen) atoms. The molecule has 0 atom stereocenters. The summed E-state index contributed by atoms with van der Waals surface area (Å²) in [4.78, 5) is 16.4. The van der Waals surface area contributed by atoms with Crippen LogP contribution in [0.4, 0.5) is 0 Å². The number of carbonyl (C=O) groups excluding carboxylic acids is 1. The van der Waals surface area contributed by atoms with Gasteiger partial charge in [-0.15, -0.1) is 0 Å². The number of hydrogen-bond acceptors (Lipinski definition) is 5. The Balaban J connectivity index is 1.63. The maximum Gasteiger partial charge on any atom is 0.274 e. The number of rotatable bonds is 5. The third-order valence-corrected chi connectivity index (χ3v) is 4.37. The molecule has 0 unspecified atom stereocenters. The summed E-state index contributed by atoms with van der Waals surface area (Å²) >= 11 is 0. The highest BCUT2D eigenvalue weighted by Gasteiger charge is 2.14. The Morgan fingerprint density at radius 1 is 1.14 bits per heavy atom. The van der Waals surface area contributed by atoms with Crippen molar-refractivity contribution in [3.8, 4) is 16.9 Å². The summed E-state index contributed by atoms with van der Waals surface area (Å²) in [5.74, 6) is 0.918. The lowest BCUT2D eigenvalue weighted by atomic mass is 10.1. The number of aromatic nitrogens is 3. The Bertz CT molecular complexity index is 1160. The van der Waals surface area contributed by atoms with E-state index in [0.717, 1.165) is 22.5 Å². The van der Waals surface area contributed by atoms with E-state index in [0.29, 0.717) is 17.1 Å². The molecule has 1 N–H and O–H groups in total. The van der Waals surface area contributed by atoms with E-state index < -0.39 is 0 Å². The summed E-state index contributed by atoms with van der Waals surface area (Å²) in [5.41, 5.74) is 6.35. The molecule has 4 aromatic rings. The van der Waals surface area contributed by atoms with E-state index >= 15 is 0 Å². The molecule has 1 aromatic carbocycles. The minimum absolute atomic E-state index is 0.323. The second-order valence-electron chi connectivity index (χ2n) is 6.48. The molecule has 144 valence electrons. The highest BCUT2D eigenvalue weighted by atomic mass is 16.3. The molecule has 0 spiro atoms. The van der Waals surface area contributed by atoms with Crippen LogP contribution in [0.2, 0.25) is 0 Å². The van der Waals surface area contributed by atoms with Gasteiger partial charge in [-0.05, 0) is 44.2 Å². The number of carbonyl (C=O) groups is 1. The van der Waals surface area contributed by atoms with Gasteiger partial charge in [0.05, 0.1) is 17.5 Å². The molecular weight excluding hydrogens is 366 g/mol. The van der Waals surface area contributed by atoms with E-state index in [2.05, 4.69) is 15.5 Å². The van der Waals surface area contributed by atoms with E-state index in [1.807, 2.05) is 48.7 Å². The second-order valence-corrected chi connectivity index (χ2v) is 6.48. The molecule has 4 rings (SSSR count). The van der Waals surface area contributed by atoms with E-state index in [-0.39, 0.29) is 5.91 Å². The average Bonchev–Trinajstić information content (AvgIpc) is 3.32. The minimum atomic E-state index is -0.323. The van der Waals surface area contributed by atoms with Crippen molar-refractivity contribution in [2.24, 2.45) is 5.10 Å². The first-order valence-electron chi connectivity index (χ1n) is 9.08. The summed E-state index contributed by atoms with van der Waals surface area (Å²) in [6, 6.07) is 15.2. The van der Waals surface area contributed by atoms with Gasteiger partial charge in [0, 0.05) is 29.7 Å². The van der Waals surface area contributed by atoms with E-state index in [1.165, 1.54) is 0 Å². The lowest BCUT2D eigenvalue weighted by Crippen LogP contribution is -2.17. The van der Waals surface area contributed by atoms with Crippen LogP contribution in [0.1, 0.15) is 27.4 Å². The van der Waals surface area contributed by atoms with Crippen LogP contribution in [0.15, 0.2) is 76.6 Å². The maximum atomic E-state index is 12.3. The minimum Gasteiger partial charge on any atom is -0.466 e. The summed E-state index contributed by atoms with van der Waals surface area (Å²) in [6.07, 6.45) is 6.88. The van der Waals surface area contributed by atoms with Gasteiger partial charge in [0.15, 0.2) is 0 Å². The van der Waals surface area contributed by atoms with Gasteiger partial charge in [0.2, 0.25) is 0 Å². The van der Waals surface area contributed by atoms with Gasteiger partial charge in [-0.3, -0.25) is 9.78 Å². The molecule has 0 aliphatic carbocycles. The zero-order chi connectivity index (χ0) is 20.2. The number of para-hydroxylation sites is 1. The third kappa shape index (κ3) is 3.98. The molecule has 3 heterocycles. The molecule has 0 radical (unpaired) electrons. The SMILES string of the molecule is Cc1cc(C(=O)N/N=C\c2cn(-c3ccccc3)nc2-c2ccncc2)c(C)o1. The molecule has 0 fully saturated rings. The number of amides is 1. The van der Waals surface area contributed by atoms with Crippen molar-refractivity contribution in [1.29, 1.82) is 0 Å². The van der Waals surface area contributed by atoms with E-state index in [4.69, 9.17) is 9.52 Å². The summed E-state index contributed by atoms with van der Waals surface area (Å²) in [7, 11) is 0. The number of aryl methyl sites for hydroxylation is 2. The average molecular weight is 385 g/mol. The highest BCUT2D eigenvalue weighted by Crippen LogP contribution is 2.22. The van der Waals surface area contributed by atoms with Crippen molar-refractivity contribution in [3.05, 3.63) is 89.8 Å². The molecule has 0 saturated heterocycles. The van der Waals surface area contributed by atoms with Gasteiger partial charge in [-0.1, -0.05) is 18.2 Å². The third-order valence-electron chi connectivity index (χ3n) is 4.37. The van der Waals surface area contributed by atoms with Crippen LogP contribution < -0.4 is 5.43 Å². The van der Waals surface area contributed by atoms with E-state index in [1.54, 1.807) is 43.2 Å². The predicted molar refractivity (Wildman–Crippen MR) is 110 cm³/mol. The van der Waals surface area contributed by atoms with Crippen LogP contribution in [0.25, 0.3) is 16.9 Å². The van der Waals surface area contributed by atoms with Gasteiger partial charge in [0.1, 0.15) is 17.2 Å². The van der Waals surface area contributed by atoms with Crippen LogP contribution in [-0.2, 0) is 0 Å². The summed E-state index contributed by atoms with van der Waals surface area (Å²) < 4.78 is 7.18. The Morgan fingerprint density at radius 2 is 1.90 bits per heavy atom. The van der Waals surface area contributed by atoms with Gasteiger partial charge >= 0.3 is 0 Å². The predicted octanol–water partition coefficient (Wildman–Crippen LogP) is 3.91. The lowest BCUT2D eigenvalue weighted by Gasteiger charge is -2.00. The number of furan rings is 1. The molecule has 7 nitrogen and oxygen atoms in total. The summed E-state index contributed by atoms with van der Waals surface area (Å²) in [6.45, 7) is 3.54. The Morgan fingerprint density at radius 3 is 2.59 bits per heavy atom. The number of hydrogen-bond donors (Lipinski definition) is 1. The second kappa shape index (κ2) is 7.93. The van der Waals surface area contributed by atoms with Gasteiger partial charge in [-0.2, -0.15) is 10.2 Å². The Kier molecular flexibility index (Phi) is 5.03. The van der Waals surface area contributed by atoms with Crippen LogP contribution >= 0.6 is 0 Å². The van der Waals surface area contributed by atoms with Gasteiger partial charge in [0.25, 0.3) is 5.91 Å². The Labute approximate surface area is 167 Å². The number of nitrogens with one attached hydrogen (secondary N) is 1. The lowest BCUT2D eigenvalue weighted by molar-refractivity contribution is 0.0953. The normalized spacial score (nSPS) is 11.1. The fourth-order valence-electron chi connectivity index (χ4n) is 3.01. The highest BCUT2D eigenvalue weighted by molar-refractivity contribution is 5.96. The van der Waals surface area contributed by atoms with Crippen molar-refractivity contribution in [2.45, 2.75) is 13.8 Å². The first-order valence-corrected chi connectivity index (χ1v) is 9.08. The molecule has 0 aliphatic heterocycles. The van der Waals surface area contributed by atoms with Crippen LogP contribution in [0, 0.1) is 13.8 Å². The number of hydrazone groups is 1. The number of nitrogens with zero attached hydrogens (tertiary/aromatic N) is 4. The largest absolute Gasteiger partial charge is 0.466 e. The molecule has 7 heteroatoms. The topological polar surface area (TPSA) is 85.3 Å². The van der Waals surface area contributed by atoms with Crippen molar-refractivity contribution in [1.82, 2.24) is 20.2 Å². The standard InChI is InChI=1S/C22H19N5O2/c1-15-12-20(16(2)29-15)22(28)25-24-13-18-14-27(19-6-4-3-5-7-19)26-21(18)17-8-10-23-11-9-17/h3-14H,1-2H3,(H,25,28)/b24-13-. The molecular formula is C22H19N5O2. The van der Waals surface area contributed by atoms with Crippen LogP contribution in [-0.4, -0.2) is 26.9 Å². The van der Waals surface area contributed by atoms with Crippen molar-refractivity contribution >= 4 is 12.1 Å². The monoisotopic (exact) mass is 385 g/mol. The van der Waals surface area contributed by atoms with Crippen molar-refractivity contribution in [2.75, 3.05) is 0 Å². The molecule has 3 aromatic heterocycles. The molecule has 0 bridgehead atoms. The zero-order valence-corrected chi connectivity index (χ0v) is 16.0. The fourth-order valence-corrected chi connectivity index (χ4v) is 3.01.